The molecule has 0 radical (unpaired) electrons. The number of methoxy groups -OCH3 is 1. The molecular weight excluding hydrogens is 246 g/mol. The van der Waals surface area contributed by atoms with Crippen molar-refractivity contribution in [2.24, 2.45) is 12.8 Å². The standard InChI is InChI=1S/C13H17N3O3/c1-15-11-5-4-9(19-2)8-10(11)12(17)16(13(15)18)7-3-6-14/h4-5,8H,3,6-7,14H2,1-2H3. The van der Waals surface area contributed by atoms with Crippen LogP contribution in [0.1, 0.15) is 6.42 Å². The van der Waals surface area contributed by atoms with Gasteiger partial charge in [0.2, 0.25) is 0 Å². The Bertz CT molecular complexity index is 715. The molecule has 0 bridgehead atoms. The van der Waals surface area contributed by atoms with Gasteiger partial charge in [-0.3, -0.25) is 13.9 Å². The first-order valence-corrected chi connectivity index (χ1v) is 6.07. The predicted molar refractivity (Wildman–Crippen MR) is 73.7 cm³/mol. The molecule has 0 aliphatic heterocycles. The number of nitrogens with zero attached hydrogens (tertiary/aromatic N) is 2. The van der Waals surface area contributed by atoms with E-state index in [1.165, 1.54) is 16.2 Å². The molecular formula is C13H17N3O3. The Kier molecular flexibility index (Phi) is 3.71. The minimum absolute atomic E-state index is 0.301. The molecule has 0 aliphatic carbocycles. The van der Waals surface area contributed by atoms with Crippen LogP contribution in [0.3, 0.4) is 0 Å². The number of benzene rings is 1. The second kappa shape index (κ2) is 5.27. The number of aryl methyl sites for hydroxylation is 1. The van der Waals surface area contributed by atoms with Crippen molar-refractivity contribution < 1.29 is 4.74 Å². The van der Waals surface area contributed by atoms with Crippen LogP contribution in [0.2, 0.25) is 0 Å². The van der Waals surface area contributed by atoms with E-state index < -0.39 is 0 Å². The first-order valence-electron chi connectivity index (χ1n) is 6.07. The van der Waals surface area contributed by atoms with Gasteiger partial charge >= 0.3 is 5.69 Å². The van der Waals surface area contributed by atoms with Crippen molar-refractivity contribution in [1.82, 2.24) is 9.13 Å². The van der Waals surface area contributed by atoms with Crippen LogP contribution >= 0.6 is 0 Å². The van der Waals surface area contributed by atoms with Gasteiger partial charge in [0.15, 0.2) is 0 Å². The summed E-state index contributed by atoms with van der Waals surface area (Å²) in [4.78, 5) is 24.4. The minimum atomic E-state index is -0.323. The van der Waals surface area contributed by atoms with Crippen molar-refractivity contribution >= 4 is 10.9 Å². The van der Waals surface area contributed by atoms with Crippen molar-refractivity contribution in [2.75, 3.05) is 13.7 Å². The van der Waals surface area contributed by atoms with Crippen LogP contribution in [0, 0.1) is 0 Å². The summed E-state index contributed by atoms with van der Waals surface area (Å²) in [7, 11) is 3.19. The summed E-state index contributed by atoms with van der Waals surface area (Å²) in [5.74, 6) is 0.591. The third-order valence-electron chi connectivity index (χ3n) is 3.14. The zero-order valence-corrected chi connectivity index (χ0v) is 11.0. The molecule has 0 aliphatic rings. The number of hydrogen-bond donors (Lipinski definition) is 1. The van der Waals surface area contributed by atoms with Crippen molar-refractivity contribution in [2.45, 2.75) is 13.0 Å². The fourth-order valence-electron chi connectivity index (χ4n) is 2.07. The van der Waals surface area contributed by atoms with E-state index in [0.29, 0.717) is 36.2 Å². The molecule has 1 aromatic carbocycles. The van der Waals surface area contributed by atoms with E-state index in [1.54, 1.807) is 25.2 Å². The quantitative estimate of drug-likeness (QED) is 0.845. The highest BCUT2D eigenvalue weighted by atomic mass is 16.5. The summed E-state index contributed by atoms with van der Waals surface area (Å²) >= 11 is 0. The van der Waals surface area contributed by atoms with Crippen molar-refractivity contribution in [3.05, 3.63) is 39.0 Å². The summed E-state index contributed by atoms with van der Waals surface area (Å²) in [6.07, 6.45) is 0.588. The lowest BCUT2D eigenvalue weighted by Crippen LogP contribution is -2.39. The number of rotatable bonds is 4. The van der Waals surface area contributed by atoms with E-state index in [-0.39, 0.29) is 11.2 Å². The first-order chi connectivity index (χ1) is 9.10. The number of nitrogens with two attached hydrogens (primary N) is 1. The molecule has 0 spiro atoms. The number of fused-ring (bicyclic) bond motifs is 1. The number of ether oxygens (including phenoxy) is 1. The van der Waals surface area contributed by atoms with Gasteiger partial charge in [-0.15, -0.1) is 0 Å². The van der Waals surface area contributed by atoms with Crippen molar-refractivity contribution in [3.8, 4) is 5.75 Å². The lowest BCUT2D eigenvalue weighted by molar-refractivity contribution is 0.415. The van der Waals surface area contributed by atoms with E-state index >= 15 is 0 Å². The summed E-state index contributed by atoms with van der Waals surface area (Å²) in [6.45, 7) is 0.765. The van der Waals surface area contributed by atoms with E-state index in [1.807, 2.05) is 0 Å². The average Bonchev–Trinajstić information content (AvgIpc) is 2.44. The SMILES string of the molecule is COc1ccc2c(c1)c(=O)n(CCCN)c(=O)n2C. The van der Waals surface area contributed by atoms with Crippen molar-refractivity contribution in [1.29, 1.82) is 0 Å². The summed E-state index contributed by atoms with van der Waals surface area (Å²) in [5, 5.41) is 0.471. The highest BCUT2D eigenvalue weighted by molar-refractivity contribution is 5.79. The molecule has 0 atom stereocenters. The molecule has 0 fully saturated rings. The van der Waals surface area contributed by atoms with Crippen LogP contribution in [-0.4, -0.2) is 22.8 Å². The van der Waals surface area contributed by atoms with E-state index in [0.717, 1.165) is 0 Å². The molecule has 2 rings (SSSR count). The van der Waals surface area contributed by atoms with Crippen LogP contribution in [0.15, 0.2) is 27.8 Å². The zero-order valence-electron chi connectivity index (χ0n) is 11.0. The molecule has 6 nitrogen and oxygen atoms in total. The van der Waals surface area contributed by atoms with E-state index in [9.17, 15) is 9.59 Å². The van der Waals surface area contributed by atoms with Crippen molar-refractivity contribution in [3.63, 3.8) is 0 Å². The highest BCUT2D eigenvalue weighted by Crippen LogP contribution is 2.16. The highest BCUT2D eigenvalue weighted by Gasteiger charge is 2.11. The van der Waals surface area contributed by atoms with Gasteiger partial charge < -0.3 is 10.5 Å². The Morgan fingerprint density at radius 3 is 2.68 bits per heavy atom. The van der Waals surface area contributed by atoms with Gasteiger partial charge in [0, 0.05) is 13.6 Å². The Morgan fingerprint density at radius 2 is 2.05 bits per heavy atom. The molecule has 102 valence electrons. The molecule has 19 heavy (non-hydrogen) atoms. The van der Waals surface area contributed by atoms with Gasteiger partial charge in [0.1, 0.15) is 5.75 Å². The van der Waals surface area contributed by atoms with Crippen LogP contribution in [0.5, 0.6) is 5.75 Å². The fourth-order valence-corrected chi connectivity index (χ4v) is 2.07. The van der Waals surface area contributed by atoms with Gasteiger partial charge in [-0.05, 0) is 31.2 Å². The summed E-state index contributed by atoms with van der Waals surface area (Å²) in [5.41, 5.74) is 5.40. The van der Waals surface area contributed by atoms with Crippen LogP contribution in [-0.2, 0) is 13.6 Å². The monoisotopic (exact) mass is 263 g/mol. The fraction of sp³-hybridized carbons (Fsp3) is 0.385. The average molecular weight is 263 g/mol. The van der Waals surface area contributed by atoms with E-state index in [2.05, 4.69) is 0 Å². The minimum Gasteiger partial charge on any atom is -0.497 e. The normalized spacial score (nSPS) is 10.9. The largest absolute Gasteiger partial charge is 0.497 e. The topological polar surface area (TPSA) is 79.2 Å². The zero-order chi connectivity index (χ0) is 14.0. The third kappa shape index (κ3) is 2.26. The van der Waals surface area contributed by atoms with Gasteiger partial charge in [-0.1, -0.05) is 0 Å². The molecule has 0 saturated carbocycles. The van der Waals surface area contributed by atoms with E-state index in [4.69, 9.17) is 10.5 Å². The number of hydrogen-bond acceptors (Lipinski definition) is 4. The van der Waals surface area contributed by atoms with Crippen LogP contribution in [0.25, 0.3) is 10.9 Å². The Labute approximate surface area is 110 Å². The Morgan fingerprint density at radius 1 is 1.32 bits per heavy atom. The molecule has 0 unspecified atom stereocenters. The molecule has 0 saturated heterocycles. The number of aromatic nitrogens is 2. The summed E-state index contributed by atoms with van der Waals surface area (Å²) in [6, 6.07) is 5.09. The Balaban J connectivity index is 2.77. The molecule has 2 N–H and O–H groups in total. The molecule has 2 aromatic rings. The maximum absolute atomic E-state index is 12.3. The lowest BCUT2D eigenvalue weighted by Gasteiger charge is -2.11. The second-order valence-corrected chi connectivity index (χ2v) is 4.32. The first kappa shape index (κ1) is 13.4. The van der Waals surface area contributed by atoms with Gasteiger partial charge in [0.25, 0.3) is 5.56 Å². The maximum atomic E-state index is 12.3. The molecule has 1 heterocycles. The molecule has 0 amide bonds. The molecule has 6 heteroatoms. The third-order valence-corrected chi connectivity index (χ3v) is 3.14. The Hall–Kier alpha value is -2.08. The van der Waals surface area contributed by atoms with Crippen LogP contribution < -0.4 is 21.7 Å². The lowest BCUT2D eigenvalue weighted by atomic mass is 10.2. The predicted octanol–water partition coefficient (Wildman–Crippen LogP) is 0.0576. The van der Waals surface area contributed by atoms with Gasteiger partial charge in [-0.25, -0.2) is 4.79 Å². The molecule has 1 aromatic heterocycles. The second-order valence-electron chi connectivity index (χ2n) is 4.32. The summed E-state index contributed by atoms with van der Waals surface area (Å²) < 4.78 is 7.79. The smallest absolute Gasteiger partial charge is 0.331 e. The van der Waals surface area contributed by atoms with Gasteiger partial charge in [-0.2, -0.15) is 0 Å². The van der Waals surface area contributed by atoms with Crippen LogP contribution in [0.4, 0.5) is 0 Å². The van der Waals surface area contributed by atoms with Gasteiger partial charge in [0.05, 0.1) is 18.0 Å². The maximum Gasteiger partial charge on any atom is 0.331 e.